The van der Waals surface area contributed by atoms with Crippen LogP contribution in [0.15, 0.2) is 0 Å². The Hall–Kier alpha value is 0.270. The summed E-state index contributed by atoms with van der Waals surface area (Å²) in [6.45, 7) is 3.76. The molecule has 0 radical (unpaired) electrons. The van der Waals surface area contributed by atoms with Gasteiger partial charge in [-0.2, -0.15) is 11.8 Å². The summed E-state index contributed by atoms with van der Waals surface area (Å²) in [5, 5.41) is 0.738. The molecule has 3 heteroatoms. The molecular weight excluding hydrogens is 144 g/mol. The van der Waals surface area contributed by atoms with E-state index in [0.717, 1.165) is 5.25 Å². The van der Waals surface area contributed by atoms with E-state index in [0.29, 0.717) is 6.04 Å². The highest BCUT2D eigenvalue weighted by Gasteiger charge is 2.29. The quantitative estimate of drug-likeness (QED) is 0.543. The number of rotatable bonds is 0. The molecule has 0 amide bonds. The number of thioether (sulfide) groups is 1. The summed E-state index contributed by atoms with van der Waals surface area (Å²) < 4.78 is 0. The first kappa shape index (κ1) is 6.95. The fourth-order valence-corrected chi connectivity index (χ4v) is 3.08. The van der Waals surface area contributed by atoms with Crippen molar-refractivity contribution < 1.29 is 0 Å². The number of nitrogens with zero attached hydrogens (tertiary/aromatic N) is 1. The van der Waals surface area contributed by atoms with Gasteiger partial charge in [-0.05, 0) is 13.0 Å². The molecule has 2 aliphatic rings. The molecule has 2 rings (SSSR count). The molecule has 0 aromatic carbocycles. The van der Waals surface area contributed by atoms with Crippen LogP contribution in [0.1, 0.15) is 6.42 Å². The van der Waals surface area contributed by atoms with Crippen LogP contribution in [0.2, 0.25) is 0 Å². The minimum Gasteiger partial charge on any atom is -0.327 e. The molecule has 2 N–H and O–H groups in total. The predicted octanol–water partition coefficient (Wildman–Crippen LogP) is 0.135. The second-order valence-electron chi connectivity index (χ2n) is 3.16. The van der Waals surface area contributed by atoms with E-state index in [1.54, 1.807) is 0 Å². The van der Waals surface area contributed by atoms with Crippen LogP contribution in [0.25, 0.3) is 0 Å². The first-order valence-corrected chi connectivity index (χ1v) is 5.00. The lowest BCUT2D eigenvalue weighted by Crippen LogP contribution is -2.52. The van der Waals surface area contributed by atoms with Crippen molar-refractivity contribution in [3.8, 4) is 0 Å². The second-order valence-corrected chi connectivity index (χ2v) is 4.51. The van der Waals surface area contributed by atoms with E-state index in [1.165, 1.54) is 31.8 Å². The maximum Gasteiger partial charge on any atom is 0.0327 e. The smallest absolute Gasteiger partial charge is 0.0327 e. The molecule has 0 saturated carbocycles. The highest BCUT2D eigenvalue weighted by molar-refractivity contribution is 8.00. The third kappa shape index (κ3) is 1.18. The Labute approximate surface area is 66.1 Å². The maximum atomic E-state index is 5.94. The van der Waals surface area contributed by atoms with Gasteiger partial charge in [0.05, 0.1) is 0 Å². The van der Waals surface area contributed by atoms with Crippen LogP contribution in [0.4, 0.5) is 0 Å². The Morgan fingerprint density at radius 2 is 2.30 bits per heavy atom. The summed E-state index contributed by atoms with van der Waals surface area (Å²) in [4.78, 5) is 2.53. The summed E-state index contributed by atoms with van der Waals surface area (Å²) in [7, 11) is 0. The lowest BCUT2D eigenvalue weighted by Gasteiger charge is -2.40. The van der Waals surface area contributed by atoms with Crippen molar-refractivity contribution in [3.63, 3.8) is 0 Å². The van der Waals surface area contributed by atoms with E-state index in [1.807, 2.05) is 0 Å². The van der Waals surface area contributed by atoms with E-state index >= 15 is 0 Å². The molecule has 10 heavy (non-hydrogen) atoms. The standard InChI is InChI=1S/C7H14N2S/c8-6-1-2-9-3-4-10-7(6)5-9/h6-7H,1-5,8H2/t6-,7?/m1/s1. The molecular formula is C7H14N2S. The fourth-order valence-electron chi connectivity index (χ4n) is 1.71. The third-order valence-corrected chi connectivity index (χ3v) is 3.78. The SMILES string of the molecule is N[C@@H]1CCN2CCSC1C2. The van der Waals surface area contributed by atoms with E-state index in [2.05, 4.69) is 16.7 Å². The number of hydrogen-bond donors (Lipinski definition) is 1. The van der Waals surface area contributed by atoms with Crippen LogP contribution in [0, 0.1) is 0 Å². The third-order valence-electron chi connectivity index (χ3n) is 2.43. The Morgan fingerprint density at radius 3 is 3.10 bits per heavy atom. The Bertz CT molecular complexity index is 127. The number of hydrogen-bond acceptors (Lipinski definition) is 3. The topological polar surface area (TPSA) is 29.3 Å². The lowest BCUT2D eigenvalue weighted by atomic mass is 10.1. The second kappa shape index (κ2) is 2.72. The molecule has 2 fully saturated rings. The molecule has 2 nitrogen and oxygen atoms in total. The molecule has 58 valence electrons. The van der Waals surface area contributed by atoms with Gasteiger partial charge in [0, 0.05) is 30.1 Å². The number of fused-ring (bicyclic) bond motifs is 2. The highest BCUT2D eigenvalue weighted by atomic mass is 32.2. The van der Waals surface area contributed by atoms with Gasteiger partial charge in [-0.3, -0.25) is 0 Å². The minimum atomic E-state index is 0.474. The van der Waals surface area contributed by atoms with Gasteiger partial charge in [-0.15, -0.1) is 0 Å². The van der Waals surface area contributed by atoms with E-state index in [4.69, 9.17) is 5.73 Å². The fraction of sp³-hybridized carbons (Fsp3) is 1.00. The molecule has 2 aliphatic heterocycles. The van der Waals surface area contributed by atoms with Gasteiger partial charge in [0.1, 0.15) is 0 Å². The monoisotopic (exact) mass is 158 g/mol. The van der Waals surface area contributed by atoms with Gasteiger partial charge in [0.15, 0.2) is 0 Å². The number of nitrogens with two attached hydrogens (primary N) is 1. The van der Waals surface area contributed by atoms with Crippen LogP contribution in [-0.4, -0.2) is 41.6 Å². The summed E-state index contributed by atoms with van der Waals surface area (Å²) in [6, 6.07) is 0.474. The largest absolute Gasteiger partial charge is 0.327 e. The van der Waals surface area contributed by atoms with Crippen LogP contribution in [-0.2, 0) is 0 Å². The van der Waals surface area contributed by atoms with Gasteiger partial charge >= 0.3 is 0 Å². The molecule has 0 aromatic heterocycles. The van der Waals surface area contributed by atoms with Crippen molar-refractivity contribution in [3.05, 3.63) is 0 Å². The molecule has 2 bridgehead atoms. The zero-order valence-corrected chi connectivity index (χ0v) is 6.94. The summed E-state index contributed by atoms with van der Waals surface area (Å²) >= 11 is 2.06. The molecule has 2 saturated heterocycles. The summed E-state index contributed by atoms with van der Waals surface area (Å²) in [6.07, 6.45) is 1.21. The van der Waals surface area contributed by atoms with Crippen molar-refractivity contribution in [2.24, 2.45) is 5.73 Å². The average molecular weight is 158 g/mol. The molecule has 0 aliphatic carbocycles. The van der Waals surface area contributed by atoms with Crippen molar-refractivity contribution in [1.82, 2.24) is 4.90 Å². The van der Waals surface area contributed by atoms with Crippen LogP contribution < -0.4 is 5.73 Å². The summed E-state index contributed by atoms with van der Waals surface area (Å²) in [5.74, 6) is 1.29. The van der Waals surface area contributed by atoms with Crippen molar-refractivity contribution in [2.45, 2.75) is 17.7 Å². The van der Waals surface area contributed by atoms with Gasteiger partial charge in [-0.25, -0.2) is 0 Å². The van der Waals surface area contributed by atoms with Crippen molar-refractivity contribution >= 4 is 11.8 Å². The Balaban J connectivity index is 2.00. The van der Waals surface area contributed by atoms with Crippen molar-refractivity contribution in [2.75, 3.05) is 25.4 Å². The van der Waals surface area contributed by atoms with Crippen LogP contribution >= 0.6 is 11.8 Å². The van der Waals surface area contributed by atoms with Gasteiger partial charge in [-0.1, -0.05) is 0 Å². The normalized spacial score (nSPS) is 47.1. The van der Waals surface area contributed by atoms with E-state index < -0.39 is 0 Å². The van der Waals surface area contributed by atoms with E-state index in [-0.39, 0.29) is 0 Å². The Morgan fingerprint density at radius 1 is 1.40 bits per heavy atom. The van der Waals surface area contributed by atoms with Crippen LogP contribution in [0.3, 0.4) is 0 Å². The number of piperidine rings is 1. The minimum absolute atomic E-state index is 0.474. The zero-order chi connectivity index (χ0) is 6.97. The first-order valence-electron chi connectivity index (χ1n) is 3.96. The van der Waals surface area contributed by atoms with Crippen molar-refractivity contribution in [1.29, 1.82) is 0 Å². The zero-order valence-electron chi connectivity index (χ0n) is 6.12. The molecule has 2 unspecified atom stereocenters. The highest BCUT2D eigenvalue weighted by Crippen LogP contribution is 2.25. The molecule has 0 aromatic rings. The van der Waals surface area contributed by atoms with Crippen LogP contribution in [0.5, 0.6) is 0 Å². The summed E-state index contributed by atoms with van der Waals surface area (Å²) in [5.41, 5.74) is 5.94. The first-order chi connectivity index (χ1) is 4.86. The molecule has 2 heterocycles. The van der Waals surface area contributed by atoms with Gasteiger partial charge in [0.2, 0.25) is 0 Å². The Kier molecular flexibility index (Phi) is 1.89. The maximum absolute atomic E-state index is 5.94. The average Bonchev–Trinajstić information content (AvgIpc) is 1.99. The lowest BCUT2D eigenvalue weighted by molar-refractivity contribution is 0.222. The molecule has 0 spiro atoms. The molecule has 3 atom stereocenters. The van der Waals surface area contributed by atoms with E-state index in [9.17, 15) is 0 Å². The van der Waals surface area contributed by atoms with Gasteiger partial charge in [0.25, 0.3) is 0 Å². The predicted molar refractivity (Wildman–Crippen MR) is 45.3 cm³/mol. The van der Waals surface area contributed by atoms with Gasteiger partial charge < -0.3 is 10.6 Å².